The van der Waals surface area contributed by atoms with Gasteiger partial charge in [0.1, 0.15) is 5.78 Å². The largest absolute Gasteiger partial charge is 0.381 e. The molecule has 1 saturated carbocycles. The molecule has 3 nitrogen and oxygen atoms in total. The normalized spacial score (nSPS) is 17.4. The van der Waals surface area contributed by atoms with Crippen molar-refractivity contribution in [3.63, 3.8) is 0 Å². The molecule has 0 radical (unpaired) electrons. The number of ether oxygens (including phenoxy) is 1. The summed E-state index contributed by atoms with van der Waals surface area (Å²) < 4.78 is 5.49. The Balaban J connectivity index is 1.34. The van der Waals surface area contributed by atoms with Crippen LogP contribution in [0.15, 0.2) is 42.5 Å². The smallest absolute Gasteiger partial charge is 0.162 e. The third-order valence-electron chi connectivity index (χ3n) is 9.97. The quantitative estimate of drug-likeness (QED) is 0.117. The molecule has 0 spiro atoms. The van der Waals surface area contributed by atoms with Gasteiger partial charge in [-0.1, -0.05) is 102 Å². The molecular formula is C39H56O3. The van der Waals surface area contributed by atoms with Crippen LogP contribution in [0.1, 0.15) is 139 Å². The number of aryl methyl sites for hydroxylation is 1. The first-order chi connectivity index (χ1) is 20.5. The highest BCUT2D eigenvalue weighted by Gasteiger charge is 2.34. The summed E-state index contributed by atoms with van der Waals surface area (Å²) in [4.78, 5) is 25.6. The van der Waals surface area contributed by atoms with Crippen molar-refractivity contribution in [2.45, 2.75) is 124 Å². The first-order valence-corrected chi connectivity index (χ1v) is 17.4. The summed E-state index contributed by atoms with van der Waals surface area (Å²) in [6, 6.07) is 15.3. The second-order valence-corrected chi connectivity index (χ2v) is 13.2. The Labute approximate surface area is 256 Å². The van der Waals surface area contributed by atoms with E-state index in [9.17, 15) is 9.59 Å². The second-order valence-electron chi connectivity index (χ2n) is 13.2. The Morgan fingerprint density at radius 1 is 0.833 bits per heavy atom. The average Bonchev–Trinajstić information content (AvgIpc) is 3.84. The molecule has 1 heterocycles. The van der Waals surface area contributed by atoms with E-state index in [4.69, 9.17) is 4.74 Å². The molecule has 0 amide bonds. The van der Waals surface area contributed by atoms with E-state index in [-0.39, 0.29) is 11.7 Å². The van der Waals surface area contributed by atoms with Crippen LogP contribution in [0.5, 0.6) is 0 Å². The van der Waals surface area contributed by atoms with Gasteiger partial charge in [-0.15, -0.1) is 0 Å². The summed E-state index contributed by atoms with van der Waals surface area (Å²) in [7, 11) is 0. The Morgan fingerprint density at radius 3 is 2.14 bits per heavy atom. The van der Waals surface area contributed by atoms with E-state index in [1.54, 1.807) is 0 Å². The fraction of sp³-hybridized carbons (Fsp3) is 0.641. The minimum Gasteiger partial charge on any atom is -0.381 e. The highest BCUT2D eigenvalue weighted by molar-refractivity contribution is 5.96. The molecule has 4 rings (SSSR count). The summed E-state index contributed by atoms with van der Waals surface area (Å²) in [5, 5.41) is 0. The maximum absolute atomic E-state index is 13.0. The minimum atomic E-state index is 0.216. The molecule has 230 valence electrons. The number of hydrogen-bond donors (Lipinski definition) is 0. The molecule has 1 saturated heterocycles. The van der Waals surface area contributed by atoms with Gasteiger partial charge in [0.2, 0.25) is 0 Å². The summed E-state index contributed by atoms with van der Waals surface area (Å²) in [5.74, 6) is 3.33. The van der Waals surface area contributed by atoms with Crippen LogP contribution in [0, 0.1) is 23.7 Å². The van der Waals surface area contributed by atoms with Crippen LogP contribution in [-0.4, -0.2) is 24.8 Å². The lowest BCUT2D eigenvalue weighted by atomic mass is 9.74. The lowest BCUT2D eigenvalue weighted by Gasteiger charge is -2.34. The molecular weight excluding hydrogens is 516 g/mol. The summed E-state index contributed by atoms with van der Waals surface area (Å²) >= 11 is 0. The zero-order valence-electron chi connectivity index (χ0n) is 27.0. The molecule has 0 bridgehead atoms. The van der Waals surface area contributed by atoms with Crippen LogP contribution in [-0.2, 0) is 16.0 Å². The third kappa shape index (κ3) is 8.88. The van der Waals surface area contributed by atoms with E-state index in [1.807, 2.05) is 12.1 Å². The van der Waals surface area contributed by atoms with Gasteiger partial charge in [0, 0.05) is 29.7 Å². The van der Waals surface area contributed by atoms with Crippen molar-refractivity contribution in [1.29, 1.82) is 0 Å². The molecule has 2 aliphatic rings. The van der Waals surface area contributed by atoms with Crippen LogP contribution in [0.4, 0.5) is 0 Å². The summed E-state index contributed by atoms with van der Waals surface area (Å²) in [6.07, 6.45) is 14.8. The highest BCUT2D eigenvalue weighted by atomic mass is 16.5. The molecule has 3 unspecified atom stereocenters. The maximum atomic E-state index is 13.0. The first-order valence-electron chi connectivity index (χ1n) is 17.4. The molecule has 2 fully saturated rings. The number of ketones is 2. The number of Topliss-reactive ketones (excluding diaryl/α,β-unsaturated/α-hetero) is 2. The molecule has 3 heteroatoms. The minimum absolute atomic E-state index is 0.216. The van der Waals surface area contributed by atoms with Crippen molar-refractivity contribution in [3.8, 4) is 11.1 Å². The number of carbonyl (C=O) groups excluding carboxylic acids is 2. The number of hydrogen-bond acceptors (Lipinski definition) is 3. The van der Waals surface area contributed by atoms with Crippen molar-refractivity contribution in [1.82, 2.24) is 0 Å². The maximum Gasteiger partial charge on any atom is 0.162 e. The lowest BCUT2D eigenvalue weighted by molar-refractivity contribution is -0.124. The molecule has 1 aliphatic heterocycles. The number of unbranched alkanes of at least 4 members (excludes halogenated alkanes) is 2. The van der Waals surface area contributed by atoms with E-state index in [0.29, 0.717) is 24.0 Å². The van der Waals surface area contributed by atoms with Crippen molar-refractivity contribution < 1.29 is 14.3 Å². The fourth-order valence-electron chi connectivity index (χ4n) is 7.21. The van der Waals surface area contributed by atoms with Gasteiger partial charge in [-0.25, -0.2) is 0 Å². The van der Waals surface area contributed by atoms with Crippen LogP contribution in [0.25, 0.3) is 11.1 Å². The van der Waals surface area contributed by atoms with Crippen LogP contribution in [0.3, 0.4) is 0 Å². The van der Waals surface area contributed by atoms with Gasteiger partial charge in [0.05, 0.1) is 13.2 Å². The van der Waals surface area contributed by atoms with E-state index in [0.717, 1.165) is 88.4 Å². The molecule has 1 aliphatic carbocycles. The van der Waals surface area contributed by atoms with Crippen LogP contribution in [0.2, 0.25) is 0 Å². The number of carbonyl (C=O) groups is 2. The molecule has 3 atom stereocenters. The Hall–Kier alpha value is -2.26. The lowest BCUT2D eigenvalue weighted by Crippen LogP contribution is -2.31. The van der Waals surface area contributed by atoms with E-state index >= 15 is 0 Å². The third-order valence-corrected chi connectivity index (χ3v) is 9.97. The van der Waals surface area contributed by atoms with Gasteiger partial charge < -0.3 is 4.74 Å². The number of benzene rings is 2. The molecule has 0 aromatic heterocycles. The Bertz CT molecular complexity index is 1120. The van der Waals surface area contributed by atoms with Crippen molar-refractivity contribution in [2.75, 3.05) is 13.2 Å². The highest BCUT2D eigenvalue weighted by Crippen LogP contribution is 2.40. The van der Waals surface area contributed by atoms with Crippen LogP contribution < -0.4 is 0 Å². The summed E-state index contributed by atoms with van der Waals surface area (Å²) in [6.45, 7) is 11.0. The average molecular weight is 573 g/mol. The summed E-state index contributed by atoms with van der Waals surface area (Å²) in [5.41, 5.74) is 6.21. The standard InChI is InChI=1S/C39H56O3/c1-5-9-13-32(39(41)33-20-21-33)14-10-11-15-38(40)31-18-16-30(17-19-31)34-22-23-37(29(7-3)25-34)36(8-4)35(12-6-2)24-28-26-42-27-28/h16-19,22-23,25,28,32-33,35-36H,5-15,20-21,24,26-27H2,1-4H3. The Kier molecular flexibility index (Phi) is 12.9. The zero-order valence-corrected chi connectivity index (χ0v) is 27.0. The fourth-order valence-corrected chi connectivity index (χ4v) is 7.21. The van der Waals surface area contributed by atoms with Gasteiger partial charge in [-0.2, -0.15) is 0 Å². The van der Waals surface area contributed by atoms with Gasteiger partial charge in [0.25, 0.3) is 0 Å². The number of rotatable bonds is 20. The predicted molar refractivity (Wildman–Crippen MR) is 175 cm³/mol. The van der Waals surface area contributed by atoms with Crippen molar-refractivity contribution >= 4 is 11.6 Å². The van der Waals surface area contributed by atoms with Crippen molar-refractivity contribution in [2.24, 2.45) is 23.7 Å². The first kappa shape index (κ1) is 32.6. The van der Waals surface area contributed by atoms with E-state index in [1.165, 1.54) is 47.9 Å². The Morgan fingerprint density at radius 2 is 1.55 bits per heavy atom. The second kappa shape index (κ2) is 16.6. The molecule has 2 aromatic carbocycles. The monoisotopic (exact) mass is 572 g/mol. The topological polar surface area (TPSA) is 43.4 Å². The molecule has 0 N–H and O–H groups in total. The van der Waals surface area contributed by atoms with Crippen molar-refractivity contribution in [3.05, 3.63) is 59.2 Å². The molecule has 2 aromatic rings. The van der Waals surface area contributed by atoms with Gasteiger partial charge in [0.15, 0.2) is 5.78 Å². The van der Waals surface area contributed by atoms with E-state index in [2.05, 4.69) is 58.0 Å². The molecule has 42 heavy (non-hydrogen) atoms. The van der Waals surface area contributed by atoms with E-state index < -0.39 is 0 Å². The van der Waals surface area contributed by atoms with Gasteiger partial charge in [-0.3, -0.25) is 9.59 Å². The van der Waals surface area contributed by atoms with Crippen LogP contribution >= 0.6 is 0 Å². The van der Waals surface area contributed by atoms with Gasteiger partial charge in [-0.05, 0) is 85.5 Å². The zero-order chi connectivity index (χ0) is 29.9. The SMILES string of the molecule is CCCCC(CCCCC(=O)c1ccc(-c2ccc(C(CC)C(CCC)CC3COC3)c(CC)c2)cc1)C(=O)C1CC1. The predicted octanol–water partition coefficient (Wildman–Crippen LogP) is 10.4. The van der Waals surface area contributed by atoms with Gasteiger partial charge >= 0.3 is 0 Å².